The molecule has 0 unspecified atom stereocenters. The zero-order valence-electron chi connectivity index (χ0n) is 14.2. The predicted molar refractivity (Wildman–Crippen MR) is 95.3 cm³/mol. The highest BCUT2D eigenvalue weighted by molar-refractivity contribution is 5.97. The summed E-state index contributed by atoms with van der Waals surface area (Å²) < 4.78 is 0. The van der Waals surface area contributed by atoms with Crippen molar-refractivity contribution in [3.8, 4) is 0 Å². The number of fused-ring (bicyclic) bond motifs is 1. The molecular formula is C20H27NO. The molecule has 0 aliphatic heterocycles. The predicted octanol–water partition coefficient (Wildman–Crippen LogP) is 5.56. The average Bonchev–Trinajstić information content (AvgIpc) is 2.44. The lowest BCUT2D eigenvalue weighted by Gasteiger charge is -2.19. The fraction of sp³-hybridized carbons (Fsp3) is 0.450. The van der Waals surface area contributed by atoms with Crippen LogP contribution in [0.4, 0.5) is 5.69 Å². The quantitative estimate of drug-likeness (QED) is 0.769. The van der Waals surface area contributed by atoms with E-state index in [2.05, 4.69) is 63.3 Å². The number of hydrogen-bond donors (Lipinski definition) is 1. The maximum Gasteiger partial charge on any atom is 0.224 e. The second kappa shape index (κ2) is 6.95. The molecule has 2 nitrogen and oxygen atoms in total. The molecule has 0 saturated carbocycles. The van der Waals surface area contributed by atoms with Crippen molar-refractivity contribution in [1.82, 2.24) is 0 Å². The van der Waals surface area contributed by atoms with Gasteiger partial charge in [-0.1, -0.05) is 64.4 Å². The Labute approximate surface area is 133 Å². The Kier molecular flexibility index (Phi) is 5.23. The average molecular weight is 297 g/mol. The van der Waals surface area contributed by atoms with E-state index in [1.165, 1.54) is 16.3 Å². The number of hydrogen-bond acceptors (Lipinski definition) is 1. The minimum atomic E-state index is 0.00448. The molecule has 2 aromatic carbocycles. The van der Waals surface area contributed by atoms with Crippen molar-refractivity contribution in [1.29, 1.82) is 0 Å². The van der Waals surface area contributed by atoms with Crippen LogP contribution in [0.3, 0.4) is 0 Å². The molecule has 0 radical (unpaired) electrons. The summed E-state index contributed by atoms with van der Waals surface area (Å²) in [5, 5.41) is 5.62. The first kappa shape index (κ1) is 16.5. The second-order valence-electron chi connectivity index (χ2n) is 7.20. The Morgan fingerprint density at radius 3 is 2.50 bits per heavy atom. The van der Waals surface area contributed by atoms with Gasteiger partial charge in [0.25, 0.3) is 0 Å². The second-order valence-corrected chi connectivity index (χ2v) is 7.20. The fourth-order valence-corrected chi connectivity index (χ4v) is 2.75. The Balaban J connectivity index is 2.33. The molecular weight excluding hydrogens is 270 g/mol. The number of amides is 1. The molecule has 2 aromatic rings. The van der Waals surface area contributed by atoms with Crippen LogP contribution in [0.2, 0.25) is 0 Å². The number of carbonyl (C=O) groups is 1. The van der Waals surface area contributed by atoms with Crippen molar-refractivity contribution in [2.24, 2.45) is 5.41 Å². The summed E-state index contributed by atoms with van der Waals surface area (Å²) in [5.74, 6) is 0.0977. The van der Waals surface area contributed by atoms with Gasteiger partial charge in [0.15, 0.2) is 0 Å². The van der Waals surface area contributed by atoms with E-state index in [0.29, 0.717) is 6.42 Å². The zero-order chi connectivity index (χ0) is 16.2. The lowest BCUT2D eigenvalue weighted by Crippen LogP contribution is -2.20. The molecule has 118 valence electrons. The van der Waals surface area contributed by atoms with Crippen LogP contribution in [0.5, 0.6) is 0 Å². The maximum atomic E-state index is 12.3. The van der Waals surface area contributed by atoms with Crippen molar-refractivity contribution in [3.63, 3.8) is 0 Å². The number of benzene rings is 2. The first-order chi connectivity index (χ1) is 10.4. The van der Waals surface area contributed by atoms with E-state index < -0.39 is 0 Å². The number of anilines is 1. The van der Waals surface area contributed by atoms with E-state index in [-0.39, 0.29) is 11.3 Å². The van der Waals surface area contributed by atoms with Crippen LogP contribution in [0.1, 0.15) is 52.5 Å². The summed E-state index contributed by atoms with van der Waals surface area (Å²) in [6, 6.07) is 12.6. The van der Waals surface area contributed by atoms with Gasteiger partial charge in [-0.2, -0.15) is 0 Å². The molecule has 0 fully saturated rings. The number of rotatable bonds is 5. The molecule has 0 bridgehead atoms. The number of carbonyl (C=O) groups excluding carboxylic acids is 1. The first-order valence-corrected chi connectivity index (χ1v) is 8.21. The van der Waals surface area contributed by atoms with E-state index in [9.17, 15) is 4.79 Å². The van der Waals surface area contributed by atoms with Crippen LogP contribution in [-0.4, -0.2) is 5.91 Å². The van der Waals surface area contributed by atoms with Gasteiger partial charge in [-0.15, -0.1) is 0 Å². The minimum absolute atomic E-state index is 0.00448. The molecule has 0 aromatic heterocycles. The normalized spacial score (nSPS) is 11.6. The number of nitrogens with one attached hydrogen (secondary N) is 1. The van der Waals surface area contributed by atoms with Crippen molar-refractivity contribution in [3.05, 3.63) is 42.0 Å². The summed E-state index contributed by atoms with van der Waals surface area (Å²) in [6.07, 6.45) is 3.82. The summed E-state index contributed by atoms with van der Waals surface area (Å²) in [5.41, 5.74) is 2.24. The van der Waals surface area contributed by atoms with Crippen LogP contribution >= 0.6 is 0 Å². The Hall–Kier alpha value is -1.83. The third-order valence-electron chi connectivity index (χ3n) is 3.79. The third kappa shape index (κ3) is 4.33. The lowest BCUT2D eigenvalue weighted by atomic mass is 9.91. The zero-order valence-corrected chi connectivity index (χ0v) is 14.2. The maximum absolute atomic E-state index is 12.3. The monoisotopic (exact) mass is 297 g/mol. The van der Waals surface area contributed by atoms with Gasteiger partial charge in [-0.05, 0) is 40.7 Å². The van der Waals surface area contributed by atoms with E-state index in [0.717, 1.165) is 24.9 Å². The van der Waals surface area contributed by atoms with Gasteiger partial charge in [-0.3, -0.25) is 4.79 Å². The topological polar surface area (TPSA) is 29.1 Å². The first-order valence-electron chi connectivity index (χ1n) is 8.21. The largest absolute Gasteiger partial charge is 0.326 e. The van der Waals surface area contributed by atoms with Crippen molar-refractivity contribution >= 4 is 22.4 Å². The summed E-state index contributed by atoms with van der Waals surface area (Å²) in [4.78, 5) is 12.3. The van der Waals surface area contributed by atoms with Gasteiger partial charge in [0, 0.05) is 12.1 Å². The fourth-order valence-electron chi connectivity index (χ4n) is 2.75. The van der Waals surface area contributed by atoms with Crippen LogP contribution in [0, 0.1) is 5.41 Å². The minimum Gasteiger partial charge on any atom is -0.326 e. The highest BCUT2D eigenvalue weighted by Crippen LogP contribution is 2.29. The standard InChI is InChI=1S/C20H27NO/c1-5-6-10-17-16-11-8-7-9-15(16)12-13-18(17)21-19(22)14-20(2,3)4/h7-9,11-13H,5-6,10,14H2,1-4H3,(H,21,22). The summed E-state index contributed by atoms with van der Waals surface area (Å²) in [6.45, 7) is 8.46. The molecule has 0 heterocycles. The third-order valence-corrected chi connectivity index (χ3v) is 3.79. The van der Waals surface area contributed by atoms with Crippen LogP contribution in [-0.2, 0) is 11.2 Å². The van der Waals surface area contributed by atoms with Gasteiger partial charge in [0.05, 0.1) is 0 Å². The van der Waals surface area contributed by atoms with Crippen molar-refractivity contribution < 1.29 is 4.79 Å². The molecule has 0 atom stereocenters. The lowest BCUT2D eigenvalue weighted by molar-refractivity contribution is -0.117. The number of aryl methyl sites for hydroxylation is 1. The molecule has 0 spiro atoms. The van der Waals surface area contributed by atoms with Crippen LogP contribution in [0.25, 0.3) is 10.8 Å². The van der Waals surface area contributed by atoms with E-state index in [1.807, 2.05) is 6.07 Å². The summed E-state index contributed by atoms with van der Waals surface area (Å²) in [7, 11) is 0. The van der Waals surface area contributed by atoms with Crippen molar-refractivity contribution in [2.75, 3.05) is 5.32 Å². The van der Waals surface area contributed by atoms with Crippen LogP contribution in [0.15, 0.2) is 36.4 Å². The van der Waals surface area contributed by atoms with Gasteiger partial charge < -0.3 is 5.32 Å². The van der Waals surface area contributed by atoms with Gasteiger partial charge in [-0.25, -0.2) is 0 Å². The molecule has 2 heteroatoms. The molecule has 22 heavy (non-hydrogen) atoms. The van der Waals surface area contributed by atoms with Crippen molar-refractivity contribution in [2.45, 2.75) is 53.4 Å². The van der Waals surface area contributed by atoms with Gasteiger partial charge >= 0.3 is 0 Å². The van der Waals surface area contributed by atoms with Crippen LogP contribution < -0.4 is 5.32 Å². The molecule has 0 aliphatic rings. The molecule has 0 saturated heterocycles. The van der Waals surface area contributed by atoms with E-state index >= 15 is 0 Å². The highest BCUT2D eigenvalue weighted by Gasteiger charge is 2.17. The molecule has 0 aliphatic carbocycles. The molecule has 1 N–H and O–H groups in total. The summed E-state index contributed by atoms with van der Waals surface area (Å²) >= 11 is 0. The van der Waals surface area contributed by atoms with E-state index in [4.69, 9.17) is 0 Å². The SMILES string of the molecule is CCCCc1c(NC(=O)CC(C)(C)C)ccc2ccccc12. The van der Waals surface area contributed by atoms with E-state index in [1.54, 1.807) is 0 Å². The Morgan fingerprint density at radius 2 is 1.82 bits per heavy atom. The van der Waals surface area contributed by atoms with Gasteiger partial charge in [0.1, 0.15) is 0 Å². The number of unbranched alkanes of at least 4 members (excludes halogenated alkanes) is 1. The van der Waals surface area contributed by atoms with Gasteiger partial charge in [0.2, 0.25) is 5.91 Å². The smallest absolute Gasteiger partial charge is 0.224 e. The molecule has 2 rings (SSSR count). The molecule has 1 amide bonds. The highest BCUT2D eigenvalue weighted by atomic mass is 16.1. The Morgan fingerprint density at radius 1 is 1.09 bits per heavy atom. The Bertz CT molecular complexity index is 652.